The molecule has 0 radical (unpaired) electrons. The van der Waals surface area contributed by atoms with Gasteiger partial charge in [-0.25, -0.2) is 0 Å². The fourth-order valence-electron chi connectivity index (χ4n) is 10.4. The standard InChI is InChI=1S/C64H42N2/c1-2-17-53-45(13-1)14-12-24-54(53)46-31-38-51(39-32-46)65(50-36-29-44(30-37-50)48-33-40-59-57-20-4-3-18-55(57)56-19-5-6-21-58(56)62(59)42-48)49-34-27-43(28-35-49)47-15-11-16-52(41-47)66-63-25-9-7-22-60(63)61-23-8-10-26-64(61)66/h1-42H. The smallest absolute Gasteiger partial charge is 0.0541 e. The highest BCUT2D eigenvalue weighted by Crippen LogP contribution is 2.41. The first-order valence-corrected chi connectivity index (χ1v) is 22.7. The zero-order valence-corrected chi connectivity index (χ0v) is 36.1. The lowest BCUT2D eigenvalue weighted by Gasteiger charge is -2.26. The first kappa shape index (κ1) is 37.8. The lowest BCUT2D eigenvalue weighted by Crippen LogP contribution is -2.09. The quantitative estimate of drug-likeness (QED) is 0.145. The molecule has 2 nitrogen and oxygen atoms in total. The number of hydrogen-bond acceptors (Lipinski definition) is 1. The van der Waals surface area contributed by atoms with Gasteiger partial charge < -0.3 is 9.47 Å². The van der Waals surface area contributed by atoms with Crippen LogP contribution in [0, 0.1) is 0 Å². The molecule has 13 rings (SSSR count). The van der Waals surface area contributed by atoms with Crippen LogP contribution in [0.4, 0.5) is 17.1 Å². The van der Waals surface area contributed by atoms with E-state index < -0.39 is 0 Å². The molecule has 13 aromatic rings. The molecule has 1 aromatic heterocycles. The summed E-state index contributed by atoms with van der Waals surface area (Å²) in [6.07, 6.45) is 0. The zero-order chi connectivity index (χ0) is 43.6. The summed E-state index contributed by atoms with van der Waals surface area (Å²) in [6.45, 7) is 0. The second kappa shape index (κ2) is 15.5. The number of aromatic nitrogens is 1. The highest BCUT2D eigenvalue weighted by Gasteiger charge is 2.17. The van der Waals surface area contributed by atoms with Crippen LogP contribution in [-0.4, -0.2) is 4.57 Å². The average Bonchev–Trinajstić information content (AvgIpc) is 3.74. The summed E-state index contributed by atoms with van der Waals surface area (Å²) < 4.78 is 2.39. The van der Waals surface area contributed by atoms with E-state index in [9.17, 15) is 0 Å². The van der Waals surface area contributed by atoms with E-state index >= 15 is 0 Å². The normalized spacial score (nSPS) is 11.6. The van der Waals surface area contributed by atoms with Gasteiger partial charge in [0.2, 0.25) is 0 Å². The molecule has 0 aliphatic carbocycles. The summed E-state index contributed by atoms with van der Waals surface area (Å²) in [6, 6.07) is 93.2. The Morgan fingerprint density at radius 2 is 0.652 bits per heavy atom. The summed E-state index contributed by atoms with van der Waals surface area (Å²) in [4.78, 5) is 2.37. The van der Waals surface area contributed by atoms with Gasteiger partial charge in [0.15, 0.2) is 0 Å². The van der Waals surface area contributed by atoms with Crippen LogP contribution >= 0.6 is 0 Å². The largest absolute Gasteiger partial charge is 0.311 e. The van der Waals surface area contributed by atoms with Crippen molar-refractivity contribution in [1.82, 2.24) is 4.57 Å². The highest BCUT2D eigenvalue weighted by atomic mass is 15.1. The lowest BCUT2D eigenvalue weighted by atomic mass is 9.92. The van der Waals surface area contributed by atoms with Crippen molar-refractivity contribution < 1.29 is 0 Å². The van der Waals surface area contributed by atoms with Crippen LogP contribution in [0.3, 0.4) is 0 Å². The minimum Gasteiger partial charge on any atom is -0.311 e. The van der Waals surface area contributed by atoms with Crippen LogP contribution in [-0.2, 0) is 0 Å². The van der Waals surface area contributed by atoms with Gasteiger partial charge in [-0.05, 0) is 143 Å². The van der Waals surface area contributed by atoms with Crippen molar-refractivity contribution in [3.05, 3.63) is 255 Å². The van der Waals surface area contributed by atoms with E-state index in [1.807, 2.05) is 0 Å². The molecule has 12 aromatic carbocycles. The van der Waals surface area contributed by atoms with Gasteiger partial charge in [0.1, 0.15) is 0 Å². The number of hydrogen-bond donors (Lipinski definition) is 0. The molecule has 308 valence electrons. The van der Waals surface area contributed by atoms with Crippen molar-refractivity contribution in [3.8, 4) is 39.1 Å². The molecule has 2 heteroatoms. The van der Waals surface area contributed by atoms with Gasteiger partial charge in [-0.15, -0.1) is 0 Å². The molecule has 0 saturated carbocycles. The maximum Gasteiger partial charge on any atom is 0.0541 e. The molecule has 0 fully saturated rings. The van der Waals surface area contributed by atoms with Crippen LogP contribution in [0.2, 0.25) is 0 Å². The van der Waals surface area contributed by atoms with E-state index in [-0.39, 0.29) is 0 Å². The lowest BCUT2D eigenvalue weighted by molar-refractivity contribution is 1.18. The first-order chi connectivity index (χ1) is 32.7. The van der Waals surface area contributed by atoms with E-state index in [2.05, 4.69) is 264 Å². The fourth-order valence-corrected chi connectivity index (χ4v) is 10.4. The van der Waals surface area contributed by atoms with Gasteiger partial charge in [0.05, 0.1) is 11.0 Å². The van der Waals surface area contributed by atoms with Gasteiger partial charge in [0.25, 0.3) is 0 Å². The van der Waals surface area contributed by atoms with Gasteiger partial charge in [-0.3, -0.25) is 0 Å². The minimum atomic E-state index is 1.09. The minimum absolute atomic E-state index is 1.09. The van der Waals surface area contributed by atoms with E-state index in [0.29, 0.717) is 0 Å². The average molecular weight is 839 g/mol. The molecule has 0 saturated heterocycles. The second-order valence-corrected chi connectivity index (χ2v) is 17.3. The van der Waals surface area contributed by atoms with Crippen LogP contribution in [0.25, 0.3) is 104 Å². The molecule has 0 spiro atoms. The molecular formula is C64H42N2. The van der Waals surface area contributed by atoms with E-state index in [4.69, 9.17) is 0 Å². The molecule has 0 amide bonds. The zero-order valence-electron chi connectivity index (χ0n) is 36.1. The molecule has 0 N–H and O–H groups in total. The SMILES string of the molecule is c1cc(-c2ccc(N(c3ccc(-c4ccc5c6ccccc6c6ccccc6c5c4)cc3)c3ccc(-c4cccc5ccccc45)cc3)cc2)cc(-n2c3ccccc3c3ccccc32)c1. The van der Waals surface area contributed by atoms with Crippen LogP contribution in [0.5, 0.6) is 0 Å². The maximum atomic E-state index is 2.39. The second-order valence-electron chi connectivity index (χ2n) is 17.3. The topological polar surface area (TPSA) is 8.17 Å². The van der Waals surface area contributed by atoms with Crippen LogP contribution < -0.4 is 4.90 Å². The Bertz CT molecular complexity index is 3880. The monoisotopic (exact) mass is 838 g/mol. The van der Waals surface area contributed by atoms with Gasteiger partial charge in [-0.2, -0.15) is 0 Å². The highest BCUT2D eigenvalue weighted by molar-refractivity contribution is 6.25. The van der Waals surface area contributed by atoms with Crippen molar-refractivity contribution in [2.75, 3.05) is 4.90 Å². The third-order valence-electron chi connectivity index (χ3n) is 13.6. The first-order valence-electron chi connectivity index (χ1n) is 22.7. The number of nitrogens with zero attached hydrogens (tertiary/aromatic N) is 2. The van der Waals surface area contributed by atoms with E-state index in [1.165, 1.54) is 98.3 Å². The van der Waals surface area contributed by atoms with Crippen LogP contribution in [0.1, 0.15) is 0 Å². The fraction of sp³-hybridized carbons (Fsp3) is 0. The summed E-state index contributed by atoms with van der Waals surface area (Å²) in [5, 5.41) is 12.7. The Kier molecular flexibility index (Phi) is 8.89. The van der Waals surface area contributed by atoms with Crippen molar-refractivity contribution in [3.63, 3.8) is 0 Å². The molecule has 0 atom stereocenters. The predicted molar refractivity (Wildman–Crippen MR) is 282 cm³/mol. The van der Waals surface area contributed by atoms with Crippen molar-refractivity contribution >= 4 is 82.0 Å². The molecule has 1 heterocycles. The van der Waals surface area contributed by atoms with Crippen LogP contribution in [0.15, 0.2) is 255 Å². The number of benzene rings is 12. The third kappa shape index (κ3) is 6.26. The van der Waals surface area contributed by atoms with Crippen molar-refractivity contribution in [2.24, 2.45) is 0 Å². The maximum absolute atomic E-state index is 2.39. The summed E-state index contributed by atoms with van der Waals surface area (Å²) in [5.41, 5.74) is 14.0. The Balaban J connectivity index is 0.890. The summed E-state index contributed by atoms with van der Waals surface area (Å²) in [7, 11) is 0. The molecule has 0 aliphatic heterocycles. The summed E-state index contributed by atoms with van der Waals surface area (Å²) in [5.74, 6) is 0. The molecule has 66 heavy (non-hydrogen) atoms. The predicted octanol–water partition coefficient (Wildman–Crippen LogP) is 17.9. The molecule has 0 aliphatic rings. The number of anilines is 3. The molecule has 0 bridgehead atoms. The Hall–Kier alpha value is -8.72. The van der Waals surface area contributed by atoms with E-state index in [0.717, 1.165) is 22.7 Å². The molecule has 0 unspecified atom stereocenters. The number of para-hydroxylation sites is 2. The van der Waals surface area contributed by atoms with Gasteiger partial charge in [-0.1, -0.05) is 188 Å². The van der Waals surface area contributed by atoms with Crippen molar-refractivity contribution in [2.45, 2.75) is 0 Å². The molecular weight excluding hydrogens is 797 g/mol. The third-order valence-corrected chi connectivity index (χ3v) is 13.6. The number of fused-ring (bicyclic) bond motifs is 10. The Morgan fingerprint density at radius 1 is 0.242 bits per heavy atom. The van der Waals surface area contributed by atoms with Crippen molar-refractivity contribution in [1.29, 1.82) is 0 Å². The van der Waals surface area contributed by atoms with Gasteiger partial charge in [0, 0.05) is 33.5 Å². The van der Waals surface area contributed by atoms with Gasteiger partial charge >= 0.3 is 0 Å². The van der Waals surface area contributed by atoms with E-state index in [1.54, 1.807) is 0 Å². The Labute approximate surface area is 383 Å². The summed E-state index contributed by atoms with van der Waals surface area (Å²) >= 11 is 0. The number of rotatable bonds is 7. The Morgan fingerprint density at radius 3 is 1.23 bits per heavy atom.